The highest BCUT2D eigenvalue weighted by Gasteiger charge is 2.54. The number of aromatic nitrogens is 2. The molecule has 0 aromatic carbocycles. The summed E-state index contributed by atoms with van der Waals surface area (Å²) in [6.45, 7) is 3.48. The Balaban J connectivity index is 1.49. The molecule has 4 rings (SSSR count). The lowest BCUT2D eigenvalue weighted by Gasteiger charge is -2.49. The van der Waals surface area contributed by atoms with Crippen molar-refractivity contribution in [3.8, 4) is 0 Å². The standard InChI is InChI=1S/C27H30N6O7S2/c1-3-16(4-2)25(36)39-10-11-40-26(37)21-17(8-7-15-6-5-9-29-12-15)13-41-24-20(23(35)33(21)24)31-22(34)19(32-38)18-14-42-27(28)30-18/h5-9,12,14,16,20,24,38H,3-4,10-11,13H2,1-2H3,(H2,28,30)(H,31,34)/b8-7-,32-19?/t20-,24+/m1/s1. The second-order valence-electron chi connectivity index (χ2n) is 9.19. The summed E-state index contributed by atoms with van der Waals surface area (Å²) in [5.74, 6) is -2.38. The Morgan fingerprint density at radius 3 is 2.67 bits per heavy atom. The molecule has 0 saturated carbocycles. The predicted octanol–water partition coefficient (Wildman–Crippen LogP) is 2.19. The topological polar surface area (TPSA) is 186 Å². The first-order valence-electron chi connectivity index (χ1n) is 13.1. The van der Waals surface area contributed by atoms with E-state index in [1.807, 2.05) is 19.9 Å². The lowest BCUT2D eigenvalue weighted by Crippen LogP contribution is -2.71. The molecule has 2 atom stereocenters. The number of thiazole rings is 1. The number of fused-ring (bicyclic) bond motifs is 1. The third-order valence-corrected chi connectivity index (χ3v) is 8.57. The van der Waals surface area contributed by atoms with Crippen molar-refractivity contribution in [1.29, 1.82) is 0 Å². The van der Waals surface area contributed by atoms with E-state index in [-0.39, 0.29) is 41.6 Å². The molecule has 1 fully saturated rings. The van der Waals surface area contributed by atoms with Crippen molar-refractivity contribution < 1.29 is 33.9 Å². The van der Waals surface area contributed by atoms with Gasteiger partial charge in [0, 0.05) is 23.5 Å². The Morgan fingerprint density at radius 1 is 1.26 bits per heavy atom. The van der Waals surface area contributed by atoms with Crippen LogP contribution in [0.3, 0.4) is 0 Å². The molecule has 0 bridgehead atoms. The number of esters is 2. The molecular formula is C27H30N6O7S2. The molecule has 222 valence electrons. The van der Waals surface area contributed by atoms with E-state index >= 15 is 0 Å². The summed E-state index contributed by atoms with van der Waals surface area (Å²) in [6, 6.07) is 2.61. The first-order valence-corrected chi connectivity index (χ1v) is 15.1. The van der Waals surface area contributed by atoms with E-state index in [2.05, 4.69) is 20.4 Å². The Hall–Kier alpha value is -4.24. The van der Waals surface area contributed by atoms with Gasteiger partial charge in [0.1, 0.15) is 36.0 Å². The fraction of sp³-hybridized carbons (Fsp3) is 0.370. The van der Waals surface area contributed by atoms with Gasteiger partial charge in [-0.2, -0.15) is 0 Å². The zero-order valence-electron chi connectivity index (χ0n) is 22.9. The summed E-state index contributed by atoms with van der Waals surface area (Å²) in [5, 5.41) is 16.0. The molecule has 1 saturated heterocycles. The molecule has 2 aromatic rings. The molecule has 2 aliphatic rings. The van der Waals surface area contributed by atoms with E-state index in [1.54, 1.807) is 30.6 Å². The Labute approximate surface area is 249 Å². The lowest BCUT2D eigenvalue weighted by molar-refractivity contribution is -0.156. The average Bonchev–Trinajstić information content (AvgIpc) is 3.43. The van der Waals surface area contributed by atoms with Gasteiger partial charge in [0.2, 0.25) is 0 Å². The van der Waals surface area contributed by atoms with Crippen molar-refractivity contribution in [2.45, 2.75) is 38.1 Å². The van der Waals surface area contributed by atoms with Gasteiger partial charge in [-0.1, -0.05) is 37.2 Å². The van der Waals surface area contributed by atoms with Gasteiger partial charge in [-0.15, -0.1) is 23.1 Å². The van der Waals surface area contributed by atoms with Crippen molar-refractivity contribution in [2.75, 3.05) is 24.7 Å². The fourth-order valence-electron chi connectivity index (χ4n) is 4.34. The minimum Gasteiger partial charge on any atom is -0.462 e. The summed E-state index contributed by atoms with van der Waals surface area (Å²) < 4.78 is 10.7. The van der Waals surface area contributed by atoms with Crippen LogP contribution in [0.5, 0.6) is 0 Å². The third-order valence-electron chi connectivity index (χ3n) is 6.60. The number of nitrogens with one attached hydrogen (secondary N) is 1. The largest absolute Gasteiger partial charge is 0.462 e. The quantitative estimate of drug-likeness (QED) is 0.0794. The van der Waals surface area contributed by atoms with Gasteiger partial charge >= 0.3 is 11.9 Å². The number of nitrogens with two attached hydrogens (primary N) is 1. The van der Waals surface area contributed by atoms with Crippen LogP contribution in [0.2, 0.25) is 0 Å². The molecule has 42 heavy (non-hydrogen) atoms. The van der Waals surface area contributed by atoms with Crippen LogP contribution in [0, 0.1) is 5.92 Å². The number of thioether (sulfide) groups is 1. The zero-order valence-corrected chi connectivity index (χ0v) is 24.5. The zero-order chi connectivity index (χ0) is 30.2. The normalized spacial score (nSPS) is 18.6. The maximum absolute atomic E-state index is 13.3. The summed E-state index contributed by atoms with van der Waals surface area (Å²) in [4.78, 5) is 60.9. The molecule has 15 heteroatoms. The van der Waals surface area contributed by atoms with Gasteiger partial charge in [0.05, 0.1) is 5.92 Å². The maximum atomic E-state index is 13.3. The van der Waals surface area contributed by atoms with Crippen LogP contribution in [0.15, 0.2) is 52.4 Å². The highest BCUT2D eigenvalue weighted by atomic mass is 32.2. The molecule has 0 spiro atoms. The van der Waals surface area contributed by atoms with E-state index in [0.717, 1.165) is 16.9 Å². The van der Waals surface area contributed by atoms with Crippen LogP contribution in [-0.4, -0.2) is 79.9 Å². The number of hydrogen-bond acceptors (Lipinski definition) is 13. The number of rotatable bonds is 12. The molecule has 2 aliphatic heterocycles. The number of oxime groups is 1. The molecule has 4 N–H and O–H groups in total. The SMILES string of the molecule is CCC(CC)C(=O)OCCOC(=O)C1=C(/C=C\c2cccnc2)CS[C@H]2[C@H](NC(=O)C(=NO)c3csc(N)n3)C(=O)N12. The van der Waals surface area contributed by atoms with Crippen molar-refractivity contribution in [3.05, 3.63) is 58.5 Å². The van der Waals surface area contributed by atoms with E-state index < -0.39 is 34.9 Å². The van der Waals surface area contributed by atoms with Crippen LogP contribution < -0.4 is 11.1 Å². The minimum absolute atomic E-state index is 0.0315. The third kappa shape index (κ3) is 6.79. The summed E-state index contributed by atoms with van der Waals surface area (Å²) in [6.07, 6.45) is 8.06. The van der Waals surface area contributed by atoms with Crippen molar-refractivity contribution >= 4 is 63.8 Å². The second-order valence-corrected chi connectivity index (χ2v) is 11.2. The molecule has 13 nitrogen and oxygen atoms in total. The number of ether oxygens (including phenoxy) is 2. The van der Waals surface area contributed by atoms with Gasteiger partial charge in [0.25, 0.3) is 11.8 Å². The Kier molecular flexibility index (Phi) is 10.3. The van der Waals surface area contributed by atoms with Crippen molar-refractivity contribution in [1.82, 2.24) is 20.2 Å². The molecular weight excluding hydrogens is 584 g/mol. The molecule has 4 heterocycles. The van der Waals surface area contributed by atoms with E-state index in [1.165, 1.54) is 22.0 Å². The van der Waals surface area contributed by atoms with Crippen molar-refractivity contribution in [3.63, 3.8) is 0 Å². The fourth-order valence-corrected chi connectivity index (χ4v) is 6.20. The van der Waals surface area contributed by atoms with Crippen LogP contribution in [0.4, 0.5) is 5.13 Å². The lowest BCUT2D eigenvalue weighted by atomic mass is 10.0. The number of pyridine rings is 1. The first-order chi connectivity index (χ1) is 20.3. The number of allylic oxidation sites excluding steroid dienone is 1. The van der Waals surface area contributed by atoms with Crippen LogP contribution in [0.25, 0.3) is 6.08 Å². The van der Waals surface area contributed by atoms with Gasteiger partial charge in [-0.25, -0.2) is 9.78 Å². The molecule has 0 radical (unpaired) electrons. The number of nitrogens with zero attached hydrogens (tertiary/aromatic N) is 4. The summed E-state index contributed by atoms with van der Waals surface area (Å²) in [7, 11) is 0. The number of amides is 2. The number of nitrogen functional groups attached to an aromatic ring is 1. The number of carbonyl (C=O) groups excluding carboxylic acids is 4. The van der Waals surface area contributed by atoms with Gasteiger partial charge in [-0.3, -0.25) is 24.3 Å². The Bertz CT molecular complexity index is 1420. The van der Waals surface area contributed by atoms with Crippen LogP contribution in [-0.2, 0) is 28.7 Å². The predicted molar refractivity (Wildman–Crippen MR) is 156 cm³/mol. The number of carbonyl (C=O) groups is 4. The second kappa shape index (κ2) is 14.1. The number of β-lactam (4-membered cyclic amide) rings is 1. The highest BCUT2D eigenvalue weighted by Crippen LogP contribution is 2.41. The van der Waals surface area contributed by atoms with Gasteiger partial charge in [0.15, 0.2) is 10.8 Å². The summed E-state index contributed by atoms with van der Waals surface area (Å²) >= 11 is 2.41. The number of anilines is 1. The van der Waals surface area contributed by atoms with Crippen molar-refractivity contribution in [2.24, 2.45) is 11.1 Å². The molecule has 2 aromatic heterocycles. The van der Waals surface area contributed by atoms with Crippen LogP contribution >= 0.6 is 23.1 Å². The van der Waals surface area contributed by atoms with E-state index in [4.69, 9.17) is 15.2 Å². The average molecular weight is 615 g/mol. The first kappa shape index (κ1) is 30.7. The van der Waals surface area contributed by atoms with E-state index in [9.17, 15) is 24.4 Å². The maximum Gasteiger partial charge on any atom is 0.355 e. The molecule has 0 unspecified atom stereocenters. The molecule has 2 amide bonds. The monoisotopic (exact) mass is 614 g/mol. The van der Waals surface area contributed by atoms with E-state index in [0.29, 0.717) is 24.2 Å². The Morgan fingerprint density at radius 2 is 2.02 bits per heavy atom. The van der Waals surface area contributed by atoms with Gasteiger partial charge in [-0.05, 0) is 30.0 Å². The highest BCUT2D eigenvalue weighted by molar-refractivity contribution is 8.00. The minimum atomic E-state index is -0.997. The van der Waals surface area contributed by atoms with Gasteiger partial charge < -0.3 is 25.7 Å². The molecule has 0 aliphatic carbocycles. The van der Waals surface area contributed by atoms with Crippen LogP contribution in [0.1, 0.15) is 37.9 Å². The smallest absolute Gasteiger partial charge is 0.355 e. The number of hydrogen-bond donors (Lipinski definition) is 3. The summed E-state index contributed by atoms with van der Waals surface area (Å²) in [5.41, 5.74) is 6.64.